The van der Waals surface area contributed by atoms with E-state index in [1.807, 2.05) is 0 Å². The Hall–Kier alpha value is -1.72. The molecule has 0 aromatic heterocycles. The molecule has 6 heteroatoms. The summed E-state index contributed by atoms with van der Waals surface area (Å²) < 4.78 is 37.3. The van der Waals surface area contributed by atoms with Crippen molar-refractivity contribution in [3.63, 3.8) is 0 Å². The Labute approximate surface area is 102 Å². The molecule has 3 nitrogen and oxygen atoms in total. The lowest BCUT2D eigenvalue weighted by atomic mass is 10.0. The number of urea groups is 1. The number of amides is 2. The number of halogens is 3. The number of carbonyl (C=O) groups excluding carboxylic acids is 1. The molecule has 1 aliphatic carbocycles. The molecule has 1 fully saturated rings. The average molecular weight is 258 g/mol. The maximum atomic E-state index is 12.4. The minimum Gasteiger partial charge on any atom is -0.341 e. The smallest absolute Gasteiger partial charge is 0.341 e. The van der Waals surface area contributed by atoms with Gasteiger partial charge < -0.3 is 10.6 Å². The van der Waals surface area contributed by atoms with Gasteiger partial charge in [0.05, 0.1) is 11.1 Å². The first-order valence-electron chi connectivity index (χ1n) is 5.55. The van der Waals surface area contributed by atoms with Crippen molar-refractivity contribution in [2.75, 3.05) is 7.05 Å². The zero-order valence-corrected chi connectivity index (χ0v) is 9.77. The van der Waals surface area contributed by atoms with Crippen molar-refractivity contribution in [1.29, 1.82) is 0 Å². The van der Waals surface area contributed by atoms with Crippen LogP contribution in [0.2, 0.25) is 0 Å². The van der Waals surface area contributed by atoms with Crippen LogP contribution >= 0.6 is 0 Å². The first-order chi connectivity index (χ1) is 8.37. The van der Waals surface area contributed by atoms with Crippen molar-refractivity contribution in [2.24, 2.45) is 0 Å². The molecule has 0 atom stereocenters. The fourth-order valence-electron chi connectivity index (χ4n) is 1.87. The second-order valence-corrected chi connectivity index (χ2v) is 4.36. The van der Waals surface area contributed by atoms with Gasteiger partial charge in [-0.1, -0.05) is 12.1 Å². The monoisotopic (exact) mass is 258 g/mol. The normalized spacial score (nSPS) is 17.1. The standard InChI is InChI=1S/C12H13F3N2O/c1-16-10(18)17-11(6-7-11)8-2-4-9(5-3-8)12(13,14)15/h2-5H,6-7H2,1H3,(H2,16,17,18). The maximum Gasteiger partial charge on any atom is 0.416 e. The number of hydrogen-bond donors (Lipinski definition) is 2. The van der Waals surface area contributed by atoms with E-state index in [1.54, 1.807) is 0 Å². The van der Waals surface area contributed by atoms with E-state index in [0.29, 0.717) is 5.56 Å². The van der Waals surface area contributed by atoms with Gasteiger partial charge >= 0.3 is 12.2 Å². The van der Waals surface area contributed by atoms with Crippen LogP contribution in [0.3, 0.4) is 0 Å². The molecule has 2 amide bonds. The minimum atomic E-state index is -4.33. The van der Waals surface area contributed by atoms with Crippen LogP contribution in [-0.4, -0.2) is 13.1 Å². The predicted molar refractivity (Wildman–Crippen MR) is 59.9 cm³/mol. The zero-order chi connectivity index (χ0) is 13.4. The van der Waals surface area contributed by atoms with Crippen LogP contribution in [0, 0.1) is 0 Å². The Kier molecular flexibility index (Phi) is 2.96. The predicted octanol–water partition coefficient (Wildman–Crippen LogP) is 2.62. The summed E-state index contributed by atoms with van der Waals surface area (Å²) in [6, 6.07) is 4.60. The Morgan fingerprint density at radius 1 is 1.22 bits per heavy atom. The van der Waals surface area contributed by atoms with E-state index in [0.717, 1.165) is 25.0 Å². The molecule has 98 valence electrons. The molecule has 0 aliphatic heterocycles. The molecule has 0 radical (unpaired) electrons. The van der Waals surface area contributed by atoms with Crippen LogP contribution in [0.1, 0.15) is 24.0 Å². The SMILES string of the molecule is CNC(=O)NC1(c2ccc(C(F)(F)F)cc2)CC1. The first-order valence-corrected chi connectivity index (χ1v) is 5.55. The third-order valence-corrected chi connectivity index (χ3v) is 3.09. The van der Waals surface area contributed by atoms with Gasteiger partial charge in [-0.2, -0.15) is 13.2 Å². The van der Waals surface area contributed by atoms with Gasteiger partial charge in [-0.15, -0.1) is 0 Å². The van der Waals surface area contributed by atoms with Crippen LogP contribution in [0.25, 0.3) is 0 Å². The van der Waals surface area contributed by atoms with Crippen molar-refractivity contribution in [3.05, 3.63) is 35.4 Å². The molecule has 0 heterocycles. The van der Waals surface area contributed by atoms with Gasteiger partial charge in [-0.3, -0.25) is 0 Å². The number of hydrogen-bond acceptors (Lipinski definition) is 1. The van der Waals surface area contributed by atoms with Crippen molar-refractivity contribution in [3.8, 4) is 0 Å². The van der Waals surface area contributed by atoms with Crippen LogP contribution in [0.15, 0.2) is 24.3 Å². The van der Waals surface area contributed by atoms with Gasteiger partial charge in [0.25, 0.3) is 0 Å². The molecule has 0 bridgehead atoms. The van der Waals surface area contributed by atoms with E-state index >= 15 is 0 Å². The van der Waals surface area contributed by atoms with E-state index in [1.165, 1.54) is 19.2 Å². The molecule has 18 heavy (non-hydrogen) atoms. The molecule has 0 saturated heterocycles. The summed E-state index contributed by atoms with van der Waals surface area (Å²) in [5.41, 5.74) is -0.467. The third-order valence-electron chi connectivity index (χ3n) is 3.09. The molecule has 1 saturated carbocycles. The highest BCUT2D eigenvalue weighted by atomic mass is 19.4. The summed E-state index contributed by atoms with van der Waals surface area (Å²) in [6.07, 6.45) is -2.85. The van der Waals surface area contributed by atoms with Gasteiger partial charge in [0.15, 0.2) is 0 Å². The number of rotatable bonds is 2. The topological polar surface area (TPSA) is 41.1 Å². The second kappa shape index (κ2) is 4.19. The van der Waals surface area contributed by atoms with Gasteiger partial charge in [-0.25, -0.2) is 4.79 Å². The van der Waals surface area contributed by atoms with Gasteiger partial charge in [0.2, 0.25) is 0 Å². The van der Waals surface area contributed by atoms with Crippen molar-refractivity contribution < 1.29 is 18.0 Å². The molecule has 2 rings (SSSR count). The Morgan fingerprint density at radius 2 is 1.78 bits per heavy atom. The largest absolute Gasteiger partial charge is 0.416 e. The van der Waals surface area contributed by atoms with Gasteiger partial charge in [0, 0.05) is 7.05 Å². The second-order valence-electron chi connectivity index (χ2n) is 4.36. The number of nitrogens with one attached hydrogen (secondary N) is 2. The summed E-state index contributed by atoms with van der Waals surface area (Å²) in [6.45, 7) is 0. The summed E-state index contributed by atoms with van der Waals surface area (Å²) >= 11 is 0. The molecule has 0 unspecified atom stereocenters. The highest BCUT2D eigenvalue weighted by Gasteiger charge is 2.45. The Morgan fingerprint density at radius 3 is 2.17 bits per heavy atom. The molecular formula is C12H13F3N2O. The van der Waals surface area contributed by atoms with E-state index < -0.39 is 17.3 Å². The summed E-state index contributed by atoms with van der Waals surface area (Å²) in [5, 5.41) is 5.20. The highest BCUT2D eigenvalue weighted by molar-refractivity contribution is 5.75. The zero-order valence-electron chi connectivity index (χ0n) is 9.77. The number of benzene rings is 1. The summed E-state index contributed by atoms with van der Waals surface area (Å²) in [7, 11) is 1.50. The average Bonchev–Trinajstić information content (AvgIpc) is 3.09. The van der Waals surface area contributed by atoms with Crippen molar-refractivity contribution in [2.45, 2.75) is 24.6 Å². The number of alkyl halides is 3. The Bertz CT molecular complexity index is 449. The first kappa shape index (κ1) is 12.7. The van der Waals surface area contributed by atoms with Crippen molar-refractivity contribution >= 4 is 6.03 Å². The van der Waals surface area contributed by atoms with Crippen LogP contribution in [-0.2, 0) is 11.7 Å². The lowest BCUT2D eigenvalue weighted by Gasteiger charge is -2.18. The third kappa shape index (κ3) is 2.42. The Balaban J connectivity index is 2.17. The fraction of sp³-hybridized carbons (Fsp3) is 0.417. The van der Waals surface area contributed by atoms with E-state index in [4.69, 9.17) is 0 Å². The molecule has 1 aromatic carbocycles. The summed E-state index contributed by atoms with van der Waals surface area (Å²) in [4.78, 5) is 11.3. The molecular weight excluding hydrogens is 245 g/mol. The van der Waals surface area contributed by atoms with Gasteiger partial charge in [0.1, 0.15) is 0 Å². The molecule has 1 aromatic rings. The number of carbonyl (C=O) groups is 1. The van der Waals surface area contributed by atoms with Crippen molar-refractivity contribution in [1.82, 2.24) is 10.6 Å². The van der Waals surface area contributed by atoms with Crippen LogP contribution < -0.4 is 10.6 Å². The minimum absolute atomic E-state index is 0.326. The lowest BCUT2D eigenvalue weighted by molar-refractivity contribution is -0.137. The van der Waals surface area contributed by atoms with Gasteiger partial charge in [-0.05, 0) is 30.5 Å². The van der Waals surface area contributed by atoms with E-state index in [2.05, 4.69) is 10.6 Å². The molecule has 0 spiro atoms. The van der Waals surface area contributed by atoms with E-state index in [-0.39, 0.29) is 6.03 Å². The van der Waals surface area contributed by atoms with Crippen LogP contribution in [0.4, 0.5) is 18.0 Å². The van der Waals surface area contributed by atoms with E-state index in [9.17, 15) is 18.0 Å². The summed E-state index contributed by atoms with van der Waals surface area (Å²) in [5.74, 6) is 0. The quantitative estimate of drug-likeness (QED) is 0.841. The molecule has 2 N–H and O–H groups in total. The molecule has 1 aliphatic rings. The van der Waals surface area contributed by atoms with Crippen LogP contribution in [0.5, 0.6) is 0 Å². The fourth-order valence-corrected chi connectivity index (χ4v) is 1.87. The highest BCUT2D eigenvalue weighted by Crippen LogP contribution is 2.45. The lowest BCUT2D eigenvalue weighted by Crippen LogP contribution is -2.40. The maximum absolute atomic E-state index is 12.4.